The molecule has 0 aromatic carbocycles. The standard InChI is InChI=1S/C8H12N2O5/c11-6(5-9-2-1-7(12)13)10-3-4-15-8(10)14/h9H,1-5H2,(H,12,13). The highest BCUT2D eigenvalue weighted by atomic mass is 16.6. The Labute approximate surface area is 86.0 Å². The second-order valence-corrected chi connectivity index (χ2v) is 2.98. The van der Waals surface area contributed by atoms with Crippen molar-refractivity contribution in [2.24, 2.45) is 0 Å². The highest BCUT2D eigenvalue weighted by Gasteiger charge is 2.27. The van der Waals surface area contributed by atoms with E-state index in [0.29, 0.717) is 0 Å². The lowest BCUT2D eigenvalue weighted by Gasteiger charge is -2.10. The number of ether oxygens (including phenoxy) is 1. The second kappa shape index (κ2) is 5.30. The van der Waals surface area contributed by atoms with E-state index in [2.05, 4.69) is 10.1 Å². The van der Waals surface area contributed by atoms with Crippen molar-refractivity contribution < 1.29 is 24.2 Å². The van der Waals surface area contributed by atoms with E-state index in [0.717, 1.165) is 4.90 Å². The Morgan fingerprint density at radius 2 is 2.27 bits per heavy atom. The number of carbonyl (C=O) groups excluding carboxylic acids is 2. The summed E-state index contributed by atoms with van der Waals surface area (Å²) >= 11 is 0. The first-order valence-corrected chi connectivity index (χ1v) is 4.51. The fraction of sp³-hybridized carbons (Fsp3) is 0.625. The largest absolute Gasteiger partial charge is 0.481 e. The molecule has 2 N–H and O–H groups in total. The first kappa shape index (κ1) is 11.4. The molecule has 0 atom stereocenters. The third-order valence-corrected chi connectivity index (χ3v) is 1.85. The van der Waals surface area contributed by atoms with Crippen LogP contribution in [0.4, 0.5) is 4.79 Å². The van der Waals surface area contributed by atoms with E-state index in [4.69, 9.17) is 5.11 Å². The number of carboxylic acid groups (broad SMARTS) is 1. The summed E-state index contributed by atoms with van der Waals surface area (Å²) in [6, 6.07) is 0. The van der Waals surface area contributed by atoms with Gasteiger partial charge < -0.3 is 15.2 Å². The fourth-order valence-electron chi connectivity index (χ4n) is 1.11. The number of nitrogens with zero attached hydrogens (tertiary/aromatic N) is 1. The minimum absolute atomic E-state index is 0.0532. The molecule has 0 bridgehead atoms. The lowest BCUT2D eigenvalue weighted by atomic mass is 10.4. The number of hydrogen-bond donors (Lipinski definition) is 2. The van der Waals surface area contributed by atoms with Gasteiger partial charge in [0.2, 0.25) is 5.91 Å². The van der Waals surface area contributed by atoms with E-state index in [-0.39, 0.29) is 32.7 Å². The molecule has 0 radical (unpaired) electrons. The molecule has 2 amide bonds. The van der Waals surface area contributed by atoms with Crippen LogP contribution in [0.3, 0.4) is 0 Å². The zero-order valence-electron chi connectivity index (χ0n) is 8.06. The zero-order valence-corrected chi connectivity index (χ0v) is 8.06. The summed E-state index contributed by atoms with van der Waals surface area (Å²) < 4.78 is 4.58. The van der Waals surface area contributed by atoms with Crippen LogP contribution in [0, 0.1) is 0 Å². The van der Waals surface area contributed by atoms with Crippen LogP contribution < -0.4 is 5.32 Å². The summed E-state index contributed by atoms with van der Waals surface area (Å²) in [7, 11) is 0. The summed E-state index contributed by atoms with van der Waals surface area (Å²) in [5, 5.41) is 11.0. The predicted molar refractivity (Wildman–Crippen MR) is 48.2 cm³/mol. The van der Waals surface area contributed by atoms with Crippen molar-refractivity contribution in [2.75, 3.05) is 26.2 Å². The lowest BCUT2D eigenvalue weighted by molar-refractivity contribution is -0.137. The molecule has 0 aromatic heterocycles. The maximum Gasteiger partial charge on any atom is 0.416 e. The van der Waals surface area contributed by atoms with E-state index in [1.165, 1.54) is 0 Å². The van der Waals surface area contributed by atoms with Crippen LogP contribution in [0.15, 0.2) is 0 Å². The van der Waals surface area contributed by atoms with Gasteiger partial charge in [-0.2, -0.15) is 0 Å². The Hall–Kier alpha value is -1.63. The Kier molecular flexibility index (Phi) is 4.04. The van der Waals surface area contributed by atoms with E-state index in [1.807, 2.05) is 0 Å². The van der Waals surface area contributed by atoms with E-state index in [1.54, 1.807) is 0 Å². The minimum atomic E-state index is -0.935. The van der Waals surface area contributed by atoms with E-state index in [9.17, 15) is 14.4 Å². The quantitative estimate of drug-likeness (QED) is 0.574. The van der Waals surface area contributed by atoms with Crippen LogP contribution in [0.1, 0.15) is 6.42 Å². The highest BCUT2D eigenvalue weighted by molar-refractivity contribution is 5.94. The van der Waals surface area contributed by atoms with Gasteiger partial charge in [-0.05, 0) is 0 Å². The van der Waals surface area contributed by atoms with Gasteiger partial charge >= 0.3 is 12.1 Å². The predicted octanol–water partition coefficient (Wildman–Crippen LogP) is -0.970. The molecule has 1 fully saturated rings. The molecule has 0 saturated carbocycles. The van der Waals surface area contributed by atoms with Crippen LogP contribution in [0.2, 0.25) is 0 Å². The van der Waals surface area contributed by atoms with E-state index >= 15 is 0 Å². The monoisotopic (exact) mass is 216 g/mol. The average Bonchev–Trinajstić information content (AvgIpc) is 2.58. The van der Waals surface area contributed by atoms with Gasteiger partial charge in [0.1, 0.15) is 6.61 Å². The Morgan fingerprint density at radius 1 is 1.53 bits per heavy atom. The number of rotatable bonds is 5. The van der Waals surface area contributed by atoms with Crippen molar-refractivity contribution >= 4 is 18.0 Å². The van der Waals surface area contributed by atoms with Crippen molar-refractivity contribution in [3.63, 3.8) is 0 Å². The fourth-order valence-corrected chi connectivity index (χ4v) is 1.11. The van der Waals surface area contributed by atoms with Crippen LogP contribution in [-0.4, -0.2) is 54.2 Å². The topological polar surface area (TPSA) is 95.9 Å². The molecule has 1 aliphatic rings. The maximum atomic E-state index is 11.3. The first-order chi connectivity index (χ1) is 7.11. The first-order valence-electron chi connectivity index (χ1n) is 4.51. The van der Waals surface area contributed by atoms with Crippen LogP contribution in [0.5, 0.6) is 0 Å². The molecular weight excluding hydrogens is 204 g/mol. The number of amides is 2. The van der Waals surface area contributed by atoms with Crippen LogP contribution >= 0.6 is 0 Å². The summed E-state index contributed by atoms with van der Waals surface area (Å²) in [5.74, 6) is -1.33. The molecule has 0 aromatic rings. The average molecular weight is 216 g/mol. The smallest absolute Gasteiger partial charge is 0.416 e. The molecule has 7 heteroatoms. The Morgan fingerprint density at radius 3 is 2.80 bits per heavy atom. The Bertz CT molecular complexity index is 278. The van der Waals surface area contributed by atoms with Crippen molar-refractivity contribution in [1.82, 2.24) is 10.2 Å². The minimum Gasteiger partial charge on any atom is -0.481 e. The van der Waals surface area contributed by atoms with Crippen molar-refractivity contribution in [3.05, 3.63) is 0 Å². The second-order valence-electron chi connectivity index (χ2n) is 2.98. The molecule has 1 saturated heterocycles. The Balaban J connectivity index is 2.18. The molecule has 15 heavy (non-hydrogen) atoms. The summed E-state index contributed by atoms with van der Waals surface area (Å²) in [6.45, 7) is 0.629. The van der Waals surface area contributed by atoms with E-state index < -0.39 is 18.0 Å². The molecule has 1 aliphatic heterocycles. The SMILES string of the molecule is O=C(O)CCNCC(=O)N1CCOC1=O. The summed E-state index contributed by atoms with van der Waals surface area (Å²) in [6.07, 6.45) is -0.697. The van der Waals surface area contributed by atoms with Gasteiger partial charge in [-0.1, -0.05) is 0 Å². The molecule has 1 rings (SSSR count). The molecular formula is C8H12N2O5. The number of aliphatic carboxylic acids is 1. The van der Waals surface area contributed by atoms with Crippen molar-refractivity contribution in [1.29, 1.82) is 0 Å². The normalized spacial score (nSPS) is 15.2. The summed E-state index contributed by atoms with van der Waals surface area (Å²) in [5.41, 5.74) is 0. The van der Waals surface area contributed by atoms with Gasteiger partial charge in [-0.15, -0.1) is 0 Å². The van der Waals surface area contributed by atoms with Gasteiger partial charge in [0.15, 0.2) is 0 Å². The third-order valence-electron chi connectivity index (χ3n) is 1.85. The molecule has 0 spiro atoms. The van der Waals surface area contributed by atoms with Gasteiger partial charge in [-0.25, -0.2) is 9.69 Å². The number of cyclic esters (lactones) is 1. The van der Waals surface area contributed by atoms with Crippen LogP contribution in [-0.2, 0) is 14.3 Å². The van der Waals surface area contributed by atoms with Gasteiger partial charge in [0.05, 0.1) is 19.5 Å². The highest BCUT2D eigenvalue weighted by Crippen LogP contribution is 2.02. The number of carboxylic acids is 1. The zero-order chi connectivity index (χ0) is 11.3. The van der Waals surface area contributed by atoms with Gasteiger partial charge in [-0.3, -0.25) is 9.59 Å². The van der Waals surface area contributed by atoms with Crippen molar-refractivity contribution in [2.45, 2.75) is 6.42 Å². The summed E-state index contributed by atoms with van der Waals surface area (Å²) in [4.78, 5) is 33.4. The molecule has 0 unspecified atom stereocenters. The lowest BCUT2D eigenvalue weighted by Crippen LogP contribution is -2.39. The maximum absolute atomic E-state index is 11.3. The number of nitrogens with one attached hydrogen (secondary N) is 1. The number of hydrogen-bond acceptors (Lipinski definition) is 5. The van der Waals surface area contributed by atoms with Crippen molar-refractivity contribution in [3.8, 4) is 0 Å². The molecule has 7 nitrogen and oxygen atoms in total. The van der Waals surface area contributed by atoms with Gasteiger partial charge in [0.25, 0.3) is 0 Å². The molecule has 84 valence electrons. The molecule has 1 heterocycles. The van der Waals surface area contributed by atoms with Gasteiger partial charge in [0, 0.05) is 6.54 Å². The molecule has 0 aliphatic carbocycles. The number of imide groups is 1. The third kappa shape index (κ3) is 3.55. The number of carbonyl (C=O) groups is 3. The van der Waals surface area contributed by atoms with Crippen LogP contribution in [0.25, 0.3) is 0 Å².